The average molecular weight is 298 g/mol. The molecule has 1 heterocycles. The Morgan fingerprint density at radius 2 is 2.05 bits per heavy atom. The normalized spacial score (nSPS) is 24.7. The van der Waals surface area contributed by atoms with Gasteiger partial charge in [-0.1, -0.05) is 37.3 Å². The molecule has 0 radical (unpaired) electrons. The molecule has 116 valence electrons. The summed E-state index contributed by atoms with van der Waals surface area (Å²) in [5.41, 5.74) is 6.27. The zero-order valence-corrected chi connectivity index (χ0v) is 12.0. The van der Waals surface area contributed by atoms with Gasteiger partial charge in [-0.15, -0.1) is 0 Å². The summed E-state index contributed by atoms with van der Waals surface area (Å²) in [4.78, 5) is 13.3. The van der Waals surface area contributed by atoms with E-state index in [4.69, 9.17) is 10.5 Å². The largest absolute Gasteiger partial charge is 0.445 e. The summed E-state index contributed by atoms with van der Waals surface area (Å²) >= 11 is 0. The molecule has 0 aliphatic carbocycles. The number of likely N-dealkylation sites (tertiary alicyclic amines) is 1. The summed E-state index contributed by atoms with van der Waals surface area (Å²) in [6, 6.07) is 9.23. The fourth-order valence-corrected chi connectivity index (χ4v) is 2.51. The fourth-order valence-electron chi connectivity index (χ4n) is 2.51. The number of carbonyl (C=O) groups excluding carboxylic acids is 1. The van der Waals surface area contributed by atoms with Crippen molar-refractivity contribution in [1.82, 2.24) is 4.90 Å². The molecule has 2 atom stereocenters. The molecule has 6 heteroatoms. The van der Waals surface area contributed by atoms with Gasteiger partial charge in [0.25, 0.3) is 5.92 Å². The highest BCUT2D eigenvalue weighted by Crippen LogP contribution is 2.37. The highest BCUT2D eigenvalue weighted by molar-refractivity contribution is 5.67. The minimum Gasteiger partial charge on any atom is -0.445 e. The highest BCUT2D eigenvalue weighted by atomic mass is 19.3. The lowest BCUT2D eigenvalue weighted by Crippen LogP contribution is -2.56. The van der Waals surface area contributed by atoms with Gasteiger partial charge in [0.2, 0.25) is 0 Å². The number of hydrogen-bond donors (Lipinski definition) is 1. The van der Waals surface area contributed by atoms with Gasteiger partial charge in [-0.3, -0.25) is 0 Å². The first kappa shape index (κ1) is 15.7. The van der Waals surface area contributed by atoms with Crippen LogP contribution >= 0.6 is 0 Å². The molecule has 0 saturated carbocycles. The molecule has 1 fully saturated rings. The third-order valence-electron chi connectivity index (χ3n) is 3.88. The number of nitrogens with two attached hydrogens (primary N) is 1. The van der Waals surface area contributed by atoms with E-state index in [1.54, 1.807) is 0 Å². The molecular weight excluding hydrogens is 278 g/mol. The maximum absolute atomic E-state index is 13.9. The molecule has 1 aliphatic heterocycles. The number of hydrogen-bond acceptors (Lipinski definition) is 3. The van der Waals surface area contributed by atoms with E-state index in [0.717, 1.165) is 5.56 Å². The minimum absolute atomic E-state index is 0.0167. The lowest BCUT2D eigenvalue weighted by atomic mass is 9.86. The maximum atomic E-state index is 13.9. The van der Waals surface area contributed by atoms with Crippen LogP contribution in [0.2, 0.25) is 0 Å². The summed E-state index contributed by atoms with van der Waals surface area (Å²) in [5.74, 6) is -4.79. The van der Waals surface area contributed by atoms with Gasteiger partial charge in [0, 0.05) is 25.6 Å². The molecule has 1 aromatic rings. The van der Waals surface area contributed by atoms with Crippen LogP contribution in [0, 0.1) is 11.8 Å². The van der Waals surface area contributed by atoms with Gasteiger partial charge in [0.05, 0.1) is 5.92 Å². The van der Waals surface area contributed by atoms with Gasteiger partial charge in [-0.05, 0) is 5.56 Å². The summed E-state index contributed by atoms with van der Waals surface area (Å²) in [7, 11) is 0. The first-order valence-corrected chi connectivity index (χ1v) is 6.98. The number of halogens is 2. The minimum atomic E-state index is -2.84. The number of amides is 1. The molecule has 1 aliphatic rings. The third kappa shape index (κ3) is 3.50. The quantitative estimate of drug-likeness (QED) is 0.932. The van der Waals surface area contributed by atoms with Crippen molar-refractivity contribution in [3.05, 3.63) is 35.9 Å². The molecule has 0 bridgehead atoms. The van der Waals surface area contributed by atoms with E-state index >= 15 is 0 Å². The second-order valence-corrected chi connectivity index (χ2v) is 5.45. The number of alkyl halides is 2. The van der Waals surface area contributed by atoms with E-state index in [9.17, 15) is 13.6 Å². The third-order valence-corrected chi connectivity index (χ3v) is 3.88. The lowest BCUT2D eigenvalue weighted by molar-refractivity contribution is -0.137. The van der Waals surface area contributed by atoms with Crippen molar-refractivity contribution in [3.63, 3.8) is 0 Å². The van der Waals surface area contributed by atoms with Crippen LogP contribution in [-0.2, 0) is 11.3 Å². The molecule has 2 N–H and O–H groups in total. The van der Waals surface area contributed by atoms with Crippen LogP contribution in [0.15, 0.2) is 30.3 Å². The smallest absolute Gasteiger partial charge is 0.410 e. The predicted octanol–water partition coefficient (Wildman–Crippen LogP) is 2.49. The molecule has 1 aromatic carbocycles. The van der Waals surface area contributed by atoms with Gasteiger partial charge < -0.3 is 15.4 Å². The van der Waals surface area contributed by atoms with Crippen molar-refractivity contribution in [2.75, 3.05) is 19.6 Å². The summed E-state index contributed by atoms with van der Waals surface area (Å²) in [6.07, 6.45) is -0.570. The molecule has 0 aromatic heterocycles. The van der Waals surface area contributed by atoms with Gasteiger partial charge in [0.1, 0.15) is 6.61 Å². The first-order valence-electron chi connectivity index (χ1n) is 6.98. The van der Waals surface area contributed by atoms with E-state index in [1.807, 2.05) is 30.3 Å². The molecule has 2 unspecified atom stereocenters. The number of ether oxygens (including phenoxy) is 1. The van der Waals surface area contributed by atoms with Crippen molar-refractivity contribution in [1.29, 1.82) is 0 Å². The van der Waals surface area contributed by atoms with Crippen LogP contribution in [0.5, 0.6) is 0 Å². The van der Waals surface area contributed by atoms with E-state index in [2.05, 4.69) is 0 Å². The predicted molar refractivity (Wildman–Crippen MR) is 74.9 cm³/mol. The van der Waals surface area contributed by atoms with Crippen molar-refractivity contribution < 1.29 is 18.3 Å². The zero-order valence-electron chi connectivity index (χ0n) is 12.0. The molecule has 21 heavy (non-hydrogen) atoms. The second-order valence-electron chi connectivity index (χ2n) is 5.45. The molecular formula is C15H20F2N2O2. The maximum Gasteiger partial charge on any atom is 0.410 e. The van der Waals surface area contributed by atoms with Crippen molar-refractivity contribution in [3.8, 4) is 0 Å². The number of nitrogens with zero attached hydrogens (tertiary/aromatic N) is 1. The van der Waals surface area contributed by atoms with Crippen molar-refractivity contribution >= 4 is 6.09 Å². The van der Waals surface area contributed by atoms with Gasteiger partial charge in [-0.25, -0.2) is 13.6 Å². The monoisotopic (exact) mass is 298 g/mol. The Bertz CT molecular complexity index is 482. The summed E-state index contributed by atoms with van der Waals surface area (Å²) < 4.78 is 33.0. The second kappa shape index (κ2) is 6.39. The van der Waals surface area contributed by atoms with Gasteiger partial charge in [-0.2, -0.15) is 0 Å². The number of piperidine rings is 1. The molecule has 1 saturated heterocycles. The van der Waals surface area contributed by atoms with Crippen LogP contribution in [0.25, 0.3) is 0 Å². The Labute approximate surface area is 122 Å². The Balaban J connectivity index is 1.94. The topological polar surface area (TPSA) is 55.6 Å². The Morgan fingerprint density at radius 1 is 1.38 bits per heavy atom. The van der Waals surface area contributed by atoms with E-state index in [1.165, 1.54) is 11.8 Å². The molecule has 2 rings (SSSR count). The van der Waals surface area contributed by atoms with Crippen LogP contribution in [0.4, 0.5) is 13.6 Å². The molecule has 0 spiro atoms. The Morgan fingerprint density at radius 3 is 2.67 bits per heavy atom. The highest BCUT2D eigenvalue weighted by Gasteiger charge is 2.49. The number of carbonyl (C=O) groups is 1. The average Bonchev–Trinajstić information content (AvgIpc) is 2.48. The Kier molecular flexibility index (Phi) is 4.77. The summed E-state index contributed by atoms with van der Waals surface area (Å²) in [6.45, 7) is 1.33. The van der Waals surface area contributed by atoms with Gasteiger partial charge in [0.15, 0.2) is 0 Å². The summed E-state index contributed by atoms with van der Waals surface area (Å²) in [5, 5.41) is 0. The van der Waals surface area contributed by atoms with Gasteiger partial charge >= 0.3 is 6.09 Å². The number of rotatable bonds is 3. The number of benzene rings is 1. The SMILES string of the molecule is CC1CN(C(=O)OCc2ccccc2)CC(CN)C1(F)F. The zero-order chi connectivity index (χ0) is 15.5. The molecule has 4 nitrogen and oxygen atoms in total. The van der Waals surface area contributed by atoms with Crippen LogP contribution in [0.1, 0.15) is 12.5 Å². The lowest BCUT2D eigenvalue weighted by Gasteiger charge is -2.41. The van der Waals surface area contributed by atoms with Crippen LogP contribution in [0.3, 0.4) is 0 Å². The Hall–Kier alpha value is -1.69. The van der Waals surface area contributed by atoms with Crippen molar-refractivity contribution in [2.24, 2.45) is 17.6 Å². The van der Waals surface area contributed by atoms with E-state index in [-0.39, 0.29) is 26.2 Å². The van der Waals surface area contributed by atoms with E-state index in [0.29, 0.717) is 0 Å². The fraction of sp³-hybridized carbons (Fsp3) is 0.533. The first-order chi connectivity index (χ1) is 9.95. The standard InChI is InChI=1S/C15H20F2N2O2/c1-11-8-19(9-13(7-18)15(11,16)17)14(20)21-10-12-5-3-2-4-6-12/h2-6,11,13H,7-10,18H2,1H3. The van der Waals surface area contributed by atoms with Crippen LogP contribution in [-0.4, -0.2) is 36.5 Å². The van der Waals surface area contributed by atoms with Crippen LogP contribution < -0.4 is 5.73 Å². The molecule has 1 amide bonds. The van der Waals surface area contributed by atoms with E-state index < -0.39 is 23.9 Å². The van der Waals surface area contributed by atoms with Crippen molar-refractivity contribution in [2.45, 2.75) is 19.5 Å².